The lowest BCUT2D eigenvalue weighted by atomic mass is 10.0. The topological polar surface area (TPSA) is 77.4 Å². The fraction of sp³-hybridized carbons (Fsp3) is 0.231. The first-order valence-corrected chi connectivity index (χ1v) is 5.87. The molecule has 19 heavy (non-hydrogen) atoms. The van der Waals surface area contributed by atoms with E-state index in [-0.39, 0.29) is 18.3 Å². The molecule has 1 N–H and O–H groups in total. The highest BCUT2D eigenvalue weighted by atomic mass is 16.9. The minimum absolute atomic E-state index is 0.0746. The van der Waals surface area contributed by atoms with Gasteiger partial charge in [0.1, 0.15) is 0 Å². The summed E-state index contributed by atoms with van der Waals surface area (Å²) in [6.07, 6.45) is 3.08. The summed E-state index contributed by atoms with van der Waals surface area (Å²) in [5.41, 5.74) is 2.78. The van der Waals surface area contributed by atoms with E-state index in [1.165, 1.54) is 12.1 Å². The van der Waals surface area contributed by atoms with Gasteiger partial charge in [0.15, 0.2) is 12.6 Å². The molecule has 0 aliphatic carbocycles. The molecule has 2 heterocycles. The monoisotopic (exact) mass is 260 g/mol. The highest BCUT2D eigenvalue weighted by Gasteiger charge is 2.31. The number of aromatic amines is 1. The van der Waals surface area contributed by atoms with Crippen molar-refractivity contribution in [2.45, 2.75) is 19.5 Å². The van der Waals surface area contributed by atoms with E-state index >= 15 is 0 Å². The summed E-state index contributed by atoms with van der Waals surface area (Å²) in [6.45, 7) is 1.83. The number of rotatable bonds is 3. The first-order valence-electron chi connectivity index (χ1n) is 5.87. The first-order chi connectivity index (χ1) is 9.15. The molecule has 3 rings (SSSR count). The molecule has 1 saturated heterocycles. The van der Waals surface area contributed by atoms with E-state index in [2.05, 4.69) is 4.98 Å². The second-order valence-corrected chi connectivity index (χ2v) is 4.30. The van der Waals surface area contributed by atoms with Crippen LogP contribution in [-0.2, 0) is 9.47 Å². The molecule has 2 aromatic rings. The van der Waals surface area contributed by atoms with E-state index in [1.54, 1.807) is 12.1 Å². The maximum absolute atomic E-state index is 10.6. The van der Waals surface area contributed by atoms with E-state index in [9.17, 15) is 10.1 Å². The van der Waals surface area contributed by atoms with Gasteiger partial charge in [-0.05, 0) is 24.6 Å². The van der Waals surface area contributed by atoms with Crippen LogP contribution in [0.25, 0.3) is 11.1 Å². The number of nitrogens with zero attached hydrogens (tertiary/aromatic N) is 1. The molecule has 0 saturated carbocycles. The molecule has 1 aliphatic rings. The van der Waals surface area contributed by atoms with Gasteiger partial charge < -0.3 is 14.5 Å². The van der Waals surface area contributed by atoms with Crippen molar-refractivity contribution < 1.29 is 14.4 Å². The molecule has 6 nitrogen and oxygen atoms in total. The Morgan fingerprint density at radius 3 is 2.47 bits per heavy atom. The Hall–Kier alpha value is -2.18. The third-order valence-electron chi connectivity index (χ3n) is 3.05. The van der Waals surface area contributed by atoms with E-state index < -0.39 is 4.92 Å². The van der Waals surface area contributed by atoms with Gasteiger partial charge in [0.25, 0.3) is 5.69 Å². The largest absolute Gasteiger partial charge is 0.367 e. The van der Waals surface area contributed by atoms with Crippen molar-refractivity contribution in [3.8, 4) is 11.1 Å². The van der Waals surface area contributed by atoms with Gasteiger partial charge in [0.05, 0.1) is 4.92 Å². The number of H-pyrrole nitrogens is 1. The fourth-order valence-electron chi connectivity index (χ4n) is 2.09. The van der Waals surface area contributed by atoms with Gasteiger partial charge in [0.2, 0.25) is 0 Å². The first kappa shape index (κ1) is 11.9. The zero-order valence-corrected chi connectivity index (χ0v) is 10.2. The predicted molar refractivity (Wildman–Crippen MR) is 67.3 cm³/mol. The Labute approximate surface area is 109 Å². The third kappa shape index (κ3) is 2.11. The molecule has 0 atom stereocenters. The van der Waals surface area contributed by atoms with Crippen LogP contribution in [0, 0.1) is 10.1 Å². The Bertz CT molecular complexity index is 599. The normalized spacial score (nSPS) is 21.9. The van der Waals surface area contributed by atoms with Gasteiger partial charge in [-0.25, -0.2) is 0 Å². The van der Waals surface area contributed by atoms with Crippen LogP contribution >= 0.6 is 0 Å². The van der Waals surface area contributed by atoms with Crippen LogP contribution in [0.3, 0.4) is 0 Å². The lowest BCUT2D eigenvalue weighted by molar-refractivity contribution is -0.384. The van der Waals surface area contributed by atoms with Crippen molar-refractivity contribution in [2.24, 2.45) is 0 Å². The van der Waals surface area contributed by atoms with Gasteiger partial charge >= 0.3 is 0 Å². The van der Waals surface area contributed by atoms with Crippen LogP contribution < -0.4 is 0 Å². The Kier molecular flexibility index (Phi) is 2.81. The summed E-state index contributed by atoms with van der Waals surface area (Å²) in [4.78, 5) is 13.2. The summed E-state index contributed by atoms with van der Waals surface area (Å²) in [6, 6.07) is 6.40. The van der Waals surface area contributed by atoms with Crippen molar-refractivity contribution in [1.82, 2.24) is 4.98 Å². The summed E-state index contributed by atoms with van der Waals surface area (Å²) < 4.78 is 10.9. The zero-order valence-electron chi connectivity index (χ0n) is 10.2. The number of hydrogen-bond donors (Lipinski definition) is 1. The Morgan fingerprint density at radius 1 is 1.21 bits per heavy atom. The van der Waals surface area contributed by atoms with E-state index in [0.29, 0.717) is 0 Å². The van der Waals surface area contributed by atoms with Gasteiger partial charge in [-0.15, -0.1) is 0 Å². The molecule has 1 aliphatic heterocycles. The lowest BCUT2D eigenvalue weighted by Gasteiger charge is -2.33. The van der Waals surface area contributed by atoms with Crippen LogP contribution in [0.5, 0.6) is 0 Å². The quantitative estimate of drug-likeness (QED) is 0.679. The maximum Gasteiger partial charge on any atom is 0.269 e. The van der Waals surface area contributed by atoms with Crippen molar-refractivity contribution in [3.05, 3.63) is 52.3 Å². The average molecular weight is 260 g/mol. The smallest absolute Gasteiger partial charge is 0.269 e. The molecule has 0 radical (unpaired) electrons. The summed E-state index contributed by atoms with van der Waals surface area (Å²) in [5, 5.41) is 10.6. The number of nitrogens with one attached hydrogen (secondary N) is 1. The number of non-ortho nitro benzene ring substituents is 1. The van der Waals surface area contributed by atoms with Gasteiger partial charge in [-0.1, -0.05) is 0 Å². The number of benzene rings is 1. The van der Waals surface area contributed by atoms with E-state index in [0.717, 1.165) is 16.7 Å². The SMILES string of the molecule is CC1OC(c2c[nH]cc2-c2ccc([N+](=O)[O-])cc2)O1. The molecular weight excluding hydrogens is 248 g/mol. The zero-order chi connectivity index (χ0) is 13.4. The molecule has 0 unspecified atom stereocenters. The van der Waals surface area contributed by atoms with E-state index in [4.69, 9.17) is 9.47 Å². The molecule has 0 bridgehead atoms. The molecular formula is C13H12N2O4. The number of hydrogen-bond acceptors (Lipinski definition) is 4. The van der Waals surface area contributed by atoms with Crippen LogP contribution in [0.2, 0.25) is 0 Å². The molecule has 6 heteroatoms. The molecule has 98 valence electrons. The number of aromatic nitrogens is 1. The van der Waals surface area contributed by atoms with Crippen LogP contribution in [0.1, 0.15) is 18.8 Å². The van der Waals surface area contributed by atoms with Gasteiger partial charge in [0, 0.05) is 35.7 Å². The maximum atomic E-state index is 10.6. The molecule has 1 fully saturated rings. The highest BCUT2D eigenvalue weighted by Crippen LogP contribution is 2.37. The van der Waals surface area contributed by atoms with Gasteiger partial charge in [-0.3, -0.25) is 10.1 Å². The molecule has 1 aromatic carbocycles. The summed E-state index contributed by atoms with van der Waals surface area (Å²) in [5.74, 6) is 0. The third-order valence-corrected chi connectivity index (χ3v) is 3.05. The van der Waals surface area contributed by atoms with Crippen molar-refractivity contribution in [2.75, 3.05) is 0 Å². The Morgan fingerprint density at radius 2 is 1.89 bits per heavy atom. The number of nitro benzene ring substituents is 1. The second-order valence-electron chi connectivity index (χ2n) is 4.30. The van der Waals surface area contributed by atoms with Crippen LogP contribution in [0.4, 0.5) is 5.69 Å². The Balaban J connectivity index is 1.90. The standard InChI is InChI=1S/C13H12N2O4/c1-8-18-13(19-8)12-7-14-6-11(12)9-2-4-10(5-3-9)15(16)17/h2-8,13-14H,1H3. The second kappa shape index (κ2) is 4.49. The molecule has 0 spiro atoms. The summed E-state index contributed by atoms with van der Waals surface area (Å²) >= 11 is 0. The minimum Gasteiger partial charge on any atom is -0.367 e. The average Bonchev–Trinajstić information content (AvgIpc) is 2.84. The van der Waals surface area contributed by atoms with Crippen LogP contribution in [0.15, 0.2) is 36.7 Å². The predicted octanol–water partition coefficient (Wildman–Crippen LogP) is 2.98. The molecule has 1 aromatic heterocycles. The molecule has 0 amide bonds. The van der Waals surface area contributed by atoms with Crippen molar-refractivity contribution >= 4 is 5.69 Å². The fourth-order valence-corrected chi connectivity index (χ4v) is 2.09. The van der Waals surface area contributed by atoms with Crippen molar-refractivity contribution in [1.29, 1.82) is 0 Å². The van der Waals surface area contributed by atoms with Gasteiger partial charge in [-0.2, -0.15) is 0 Å². The number of nitro groups is 1. The highest BCUT2D eigenvalue weighted by molar-refractivity contribution is 5.68. The van der Waals surface area contributed by atoms with Crippen molar-refractivity contribution in [3.63, 3.8) is 0 Å². The van der Waals surface area contributed by atoms with E-state index in [1.807, 2.05) is 19.3 Å². The summed E-state index contributed by atoms with van der Waals surface area (Å²) in [7, 11) is 0. The minimum atomic E-state index is -0.415. The van der Waals surface area contributed by atoms with Crippen LogP contribution in [-0.4, -0.2) is 16.2 Å². The lowest BCUT2D eigenvalue weighted by Crippen LogP contribution is -2.31. The number of ether oxygens (including phenoxy) is 2.